The molecular weight excluding hydrogens is 198 g/mol. The smallest absolute Gasteiger partial charge is 0.0271 e. The fraction of sp³-hybridized carbons (Fsp3) is 0.615. The first-order chi connectivity index (χ1) is 7.84. The molecule has 1 aromatic rings. The molecule has 1 aliphatic rings. The van der Waals surface area contributed by atoms with Crippen LogP contribution in [0.2, 0.25) is 0 Å². The zero-order valence-electron chi connectivity index (χ0n) is 10.0. The summed E-state index contributed by atoms with van der Waals surface area (Å²) in [5.41, 5.74) is 1.37. The van der Waals surface area contributed by atoms with E-state index < -0.39 is 0 Å². The molecule has 16 heavy (non-hydrogen) atoms. The second-order valence-electron chi connectivity index (χ2n) is 4.63. The predicted molar refractivity (Wildman–Crippen MR) is 66.2 cm³/mol. The Kier molecular flexibility index (Phi) is 4.31. The van der Waals surface area contributed by atoms with Gasteiger partial charge in [-0.05, 0) is 57.1 Å². The Morgan fingerprint density at radius 2 is 2.19 bits per heavy atom. The SMILES string of the molecule is CC1CCN(Cc2ccncc2)CCCN1. The standard InChI is InChI=1S/C13H21N3/c1-12-5-10-16(9-2-6-15-12)11-13-3-7-14-8-4-13/h3-4,7-8,12,15H,2,5-6,9-11H2,1H3. The van der Waals surface area contributed by atoms with Crippen LogP contribution in [0.1, 0.15) is 25.3 Å². The number of pyridine rings is 1. The molecule has 0 spiro atoms. The lowest BCUT2D eigenvalue weighted by atomic mass is 10.1. The van der Waals surface area contributed by atoms with Crippen molar-refractivity contribution in [1.82, 2.24) is 15.2 Å². The van der Waals surface area contributed by atoms with Gasteiger partial charge in [-0.2, -0.15) is 0 Å². The molecule has 1 unspecified atom stereocenters. The highest BCUT2D eigenvalue weighted by atomic mass is 15.1. The van der Waals surface area contributed by atoms with Crippen molar-refractivity contribution in [3.05, 3.63) is 30.1 Å². The fourth-order valence-corrected chi connectivity index (χ4v) is 2.15. The van der Waals surface area contributed by atoms with Crippen LogP contribution in [0.3, 0.4) is 0 Å². The van der Waals surface area contributed by atoms with Gasteiger partial charge in [0.2, 0.25) is 0 Å². The molecule has 1 aromatic heterocycles. The highest BCUT2D eigenvalue weighted by Gasteiger charge is 2.11. The predicted octanol–water partition coefficient (Wildman–Crippen LogP) is 1.66. The van der Waals surface area contributed by atoms with Gasteiger partial charge in [-0.15, -0.1) is 0 Å². The summed E-state index contributed by atoms with van der Waals surface area (Å²) in [6.07, 6.45) is 6.24. The second kappa shape index (κ2) is 5.97. The summed E-state index contributed by atoms with van der Waals surface area (Å²) in [4.78, 5) is 6.60. The molecule has 0 amide bonds. The maximum Gasteiger partial charge on any atom is 0.0271 e. The molecule has 0 aliphatic carbocycles. The van der Waals surface area contributed by atoms with Crippen LogP contribution < -0.4 is 5.32 Å². The van der Waals surface area contributed by atoms with Gasteiger partial charge in [-0.3, -0.25) is 9.88 Å². The zero-order valence-corrected chi connectivity index (χ0v) is 10.0. The van der Waals surface area contributed by atoms with Gasteiger partial charge in [0.15, 0.2) is 0 Å². The van der Waals surface area contributed by atoms with E-state index in [1.807, 2.05) is 12.4 Å². The summed E-state index contributed by atoms with van der Waals surface area (Å²) in [5.74, 6) is 0. The van der Waals surface area contributed by atoms with Crippen LogP contribution in [-0.4, -0.2) is 35.6 Å². The number of hydrogen-bond acceptors (Lipinski definition) is 3. The monoisotopic (exact) mass is 219 g/mol. The first-order valence-corrected chi connectivity index (χ1v) is 6.19. The summed E-state index contributed by atoms with van der Waals surface area (Å²) in [7, 11) is 0. The minimum atomic E-state index is 0.653. The largest absolute Gasteiger partial charge is 0.314 e. The van der Waals surface area contributed by atoms with Crippen molar-refractivity contribution < 1.29 is 0 Å². The molecule has 3 nitrogen and oxygen atoms in total. The summed E-state index contributed by atoms with van der Waals surface area (Å²) in [6, 6.07) is 4.88. The van der Waals surface area contributed by atoms with Crippen molar-refractivity contribution >= 4 is 0 Å². The van der Waals surface area contributed by atoms with E-state index in [-0.39, 0.29) is 0 Å². The average Bonchev–Trinajstić information content (AvgIpc) is 2.30. The van der Waals surface area contributed by atoms with E-state index in [9.17, 15) is 0 Å². The first-order valence-electron chi connectivity index (χ1n) is 6.19. The molecule has 1 aliphatic heterocycles. The van der Waals surface area contributed by atoms with Crippen molar-refractivity contribution in [3.8, 4) is 0 Å². The fourth-order valence-electron chi connectivity index (χ4n) is 2.15. The average molecular weight is 219 g/mol. The quantitative estimate of drug-likeness (QED) is 0.820. The molecular formula is C13H21N3. The summed E-state index contributed by atoms with van der Waals surface area (Å²) >= 11 is 0. The number of aromatic nitrogens is 1. The van der Waals surface area contributed by atoms with Gasteiger partial charge in [0.1, 0.15) is 0 Å². The third-order valence-corrected chi connectivity index (χ3v) is 3.18. The first kappa shape index (κ1) is 11.6. The van der Waals surface area contributed by atoms with Gasteiger partial charge < -0.3 is 5.32 Å². The van der Waals surface area contributed by atoms with E-state index in [0.717, 1.165) is 13.1 Å². The van der Waals surface area contributed by atoms with Crippen LogP contribution in [-0.2, 0) is 6.54 Å². The summed E-state index contributed by atoms with van der Waals surface area (Å²) in [6.45, 7) is 6.87. The van der Waals surface area contributed by atoms with Crippen molar-refractivity contribution in [3.63, 3.8) is 0 Å². The normalized spacial score (nSPS) is 23.7. The Balaban J connectivity index is 1.88. The zero-order chi connectivity index (χ0) is 11.2. The molecule has 1 saturated heterocycles. The van der Waals surface area contributed by atoms with E-state index in [2.05, 4.69) is 34.3 Å². The van der Waals surface area contributed by atoms with E-state index >= 15 is 0 Å². The van der Waals surface area contributed by atoms with Crippen LogP contribution in [0.5, 0.6) is 0 Å². The molecule has 88 valence electrons. The lowest BCUT2D eigenvalue weighted by Gasteiger charge is -2.27. The third kappa shape index (κ3) is 3.58. The Labute approximate surface area is 97.9 Å². The minimum Gasteiger partial charge on any atom is -0.314 e. The van der Waals surface area contributed by atoms with Crippen LogP contribution in [0.4, 0.5) is 0 Å². The number of nitrogens with one attached hydrogen (secondary N) is 1. The molecule has 0 radical (unpaired) electrons. The molecule has 0 aromatic carbocycles. The van der Waals surface area contributed by atoms with Gasteiger partial charge in [0.25, 0.3) is 0 Å². The third-order valence-electron chi connectivity index (χ3n) is 3.18. The van der Waals surface area contributed by atoms with Crippen LogP contribution >= 0.6 is 0 Å². The molecule has 1 N–H and O–H groups in total. The van der Waals surface area contributed by atoms with Gasteiger partial charge in [0.05, 0.1) is 0 Å². The maximum atomic E-state index is 4.06. The summed E-state index contributed by atoms with van der Waals surface area (Å²) in [5, 5.41) is 3.53. The molecule has 0 bridgehead atoms. The van der Waals surface area contributed by atoms with Crippen molar-refractivity contribution in [2.75, 3.05) is 19.6 Å². The van der Waals surface area contributed by atoms with Gasteiger partial charge in [-0.25, -0.2) is 0 Å². The Morgan fingerprint density at radius 1 is 1.38 bits per heavy atom. The highest BCUT2D eigenvalue weighted by Crippen LogP contribution is 2.07. The van der Waals surface area contributed by atoms with E-state index in [1.165, 1.54) is 31.5 Å². The Bertz CT molecular complexity index is 299. The molecule has 0 saturated carbocycles. The van der Waals surface area contributed by atoms with E-state index in [4.69, 9.17) is 0 Å². The molecule has 2 heterocycles. The van der Waals surface area contributed by atoms with Crippen molar-refractivity contribution in [2.45, 2.75) is 32.4 Å². The van der Waals surface area contributed by atoms with E-state index in [1.54, 1.807) is 0 Å². The van der Waals surface area contributed by atoms with E-state index in [0.29, 0.717) is 6.04 Å². The van der Waals surface area contributed by atoms with Gasteiger partial charge in [0, 0.05) is 25.0 Å². The molecule has 1 atom stereocenters. The van der Waals surface area contributed by atoms with Crippen LogP contribution in [0.25, 0.3) is 0 Å². The molecule has 3 heteroatoms. The minimum absolute atomic E-state index is 0.653. The van der Waals surface area contributed by atoms with Gasteiger partial charge in [-0.1, -0.05) is 0 Å². The van der Waals surface area contributed by atoms with Crippen LogP contribution in [0, 0.1) is 0 Å². The second-order valence-corrected chi connectivity index (χ2v) is 4.63. The van der Waals surface area contributed by atoms with Crippen LogP contribution in [0.15, 0.2) is 24.5 Å². The summed E-state index contributed by atoms with van der Waals surface area (Å²) < 4.78 is 0. The molecule has 1 fully saturated rings. The molecule has 2 rings (SSSR count). The number of nitrogens with zero attached hydrogens (tertiary/aromatic N) is 2. The lowest BCUT2D eigenvalue weighted by Crippen LogP contribution is -2.38. The lowest BCUT2D eigenvalue weighted by molar-refractivity contribution is 0.229. The van der Waals surface area contributed by atoms with Crippen molar-refractivity contribution in [2.24, 2.45) is 0 Å². The van der Waals surface area contributed by atoms with Crippen molar-refractivity contribution in [1.29, 1.82) is 0 Å². The Morgan fingerprint density at radius 3 is 3.00 bits per heavy atom. The maximum absolute atomic E-state index is 4.06. The van der Waals surface area contributed by atoms with Gasteiger partial charge >= 0.3 is 0 Å². The highest BCUT2D eigenvalue weighted by molar-refractivity contribution is 5.09. The Hall–Kier alpha value is -0.930. The topological polar surface area (TPSA) is 28.2 Å². The number of hydrogen-bond donors (Lipinski definition) is 1. The number of rotatable bonds is 2.